The molecule has 0 saturated heterocycles. The van der Waals surface area contributed by atoms with Crippen LogP contribution in [0.5, 0.6) is 0 Å². The van der Waals surface area contributed by atoms with Crippen LogP contribution in [0.1, 0.15) is 5.56 Å². The van der Waals surface area contributed by atoms with Gasteiger partial charge in [-0.1, -0.05) is 28.1 Å². The molecule has 0 bridgehead atoms. The van der Waals surface area contributed by atoms with Crippen LogP contribution >= 0.6 is 27.5 Å². The third-order valence-electron chi connectivity index (χ3n) is 2.13. The zero-order chi connectivity index (χ0) is 11.7. The summed E-state index contributed by atoms with van der Waals surface area (Å²) in [6.45, 7) is 1.97. The van der Waals surface area contributed by atoms with E-state index in [1.54, 1.807) is 0 Å². The van der Waals surface area contributed by atoms with Crippen LogP contribution in [0, 0.1) is 6.92 Å². The molecule has 0 aliphatic carbocycles. The van der Waals surface area contributed by atoms with Crippen LogP contribution in [0.4, 0.5) is 5.95 Å². The maximum Gasteiger partial charge on any atom is 0.227 e. The molecule has 1 heterocycles. The molecule has 0 fully saturated rings. The molecule has 0 amide bonds. The largest absolute Gasteiger partial charge is 0.368 e. The van der Waals surface area contributed by atoms with Gasteiger partial charge in [0.2, 0.25) is 11.2 Å². The van der Waals surface area contributed by atoms with Gasteiger partial charge in [0.25, 0.3) is 0 Å². The second-order valence-corrected chi connectivity index (χ2v) is 4.39. The first-order valence-electron chi connectivity index (χ1n) is 4.50. The lowest BCUT2D eigenvalue weighted by molar-refractivity contribution is 1.07. The topological polar surface area (TPSA) is 64.7 Å². The lowest BCUT2D eigenvalue weighted by Gasteiger charge is -2.06. The van der Waals surface area contributed by atoms with Crippen molar-refractivity contribution in [3.8, 4) is 11.4 Å². The van der Waals surface area contributed by atoms with Gasteiger partial charge >= 0.3 is 0 Å². The molecule has 1 aromatic carbocycles. The fourth-order valence-electron chi connectivity index (χ4n) is 1.34. The van der Waals surface area contributed by atoms with Gasteiger partial charge in [0.05, 0.1) is 0 Å². The third kappa shape index (κ3) is 2.15. The number of nitrogen functional groups attached to an aromatic ring is 1. The van der Waals surface area contributed by atoms with Crippen molar-refractivity contribution in [3.63, 3.8) is 0 Å². The average Bonchev–Trinajstić information content (AvgIpc) is 2.20. The van der Waals surface area contributed by atoms with E-state index in [4.69, 9.17) is 17.3 Å². The molecule has 4 nitrogen and oxygen atoms in total. The minimum atomic E-state index is 0.0990. The summed E-state index contributed by atoms with van der Waals surface area (Å²) in [6.07, 6.45) is 0. The van der Waals surface area contributed by atoms with Gasteiger partial charge in [-0.25, -0.2) is 0 Å². The lowest BCUT2D eigenvalue weighted by atomic mass is 10.1. The molecular weight excluding hydrogens is 291 g/mol. The molecule has 6 heteroatoms. The lowest BCUT2D eigenvalue weighted by Crippen LogP contribution is -2.00. The highest BCUT2D eigenvalue weighted by Gasteiger charge is 2.09. The van der Waals surface area contributed by atoms with Gasteiger partial charge in [0, 0.05) is 10.0 Å². The van der Waals surface area contributed by atoms with Crippen molar-refractivity contribution in [1.29, 1.82) is 0 Å². The molecule has 2 rings (SSSR count). The average molecular weight is 300 g/mol. The van der Waals surface area contributed by atoms with Crippen molar-refractivity contribution < 1.29 is 0 Å². The monoisotopic (exact) mass is 298 g/mol. The third-order valence-corrected chi connectivity index (χ3v) is 3.16. The Morgan fingerprint density at radius 2 is 2.00 bits per heavy atom. The molecule has 82 valence electrons. The van der Waals surface area contributed by atoms with Gasteiger partial charge in [-0.2, -0.15) is 15.0 Å². The standard InChI is InChI=1S/C10H8BrClN4/c1-5-6(3-2-4-7(5)11)8-14-9(12)16-10(13)15-8/h2-4H,1H3,(H2,13,14,15,16). The molecule has 0 aliphatic rings. The van der Waals surface area contributed by atoms with Crippen molar-refractivity contribution in [3.05, 3.63) is 33.5 Å². The van der Waals surface area contributed by atoms with Crippen LogP contribution < -0.4 is 5.73 Å². The minimum absolute atomic E-state index is 0.0990. The summed E-state index contributed by atoms with van der Waals surface area (Å²) in [6, 6.07) is 5.76. The Bertz CT molecular complexity index is 524. The predicted octanol–water partition coefficient (Wildman–Crippen LogP) is 2.85. The van der Waals surface area contributed by atoms with Gasteiger partial charge in [0.1, 0.15) is 0 Å². The summed E-state index contributed by atoms with van der Waals surface area (Å²) in [5.41, 5.74) is 7.44. The minimum Gasteiger partial charge on any atom is -0.368 e. The van der Waals surface area contributed by atoms with Crippen LogP contribution in [0.15, 0.2) is 22.7 Å². The van der Waals surface area contributed by atoms with E-state index in [2.05, 4.69) is 30.9 Å². The van der Waals surface area contributed by atoms with E-state index >= 15 is 0 Å². The van der Waals surface area contributed by atoms with E-state index in [0.29, 0.717) is 5.82 Å². The molecule has 0 unspecified atom stereocenters. The second kappa shape index (κ2) is 4.35. The van der Waals surface area contributed by atoms with Crippen LogP contribution in [0.25, 0.3) is 11.4 Å². The van der Waals surface area contributed by atoms with Crippen molar-refractivity contribution in [2.24, 2.45) is 0 Å². The number of halogens is 2. The van der Waals surface area contributed by atoms with Gasteiger partial charge < -0.3 is 5.73 Å². The quantitative estimate of drug-likeness (QED) is 0.879. The number of anilines is 1. The molecule has 2 aromatic rings. The first kappa shape index (κ1) is 11.3. The summed E-state index contributed by atoms with van der Waals surface area (Å²) < 4.78 is 0.986. The van der Waals surface area contributed by atoms with Crippen molar-refractivity contribution in [1.82, 2.24) is 15.0 Å². The number of benzene rings is 1. The molecule has 0 aliphatic heterocycles. The summed E-state index contributed by atoms with van der Waals surface area (Å²) in [5, 5.41) is 0.0990. The number of hydrogen-bond acceptors (Lipinski definition) is 4. The van der Waals surface area contributed by atoms with Crippen molar-refractivity contribution in [2.45, 2.75) is 6.92 Å². The van der Waals surface area contributed by atoms with Gasteiger partial charge in [0.15, 0.2) is 5.82 Å². The first-order valence-corrected chi connectivity index (χ1v) is 5.67. The van der Waals surface area contributed by atoms with Gasteiger partial charge in [-0.15, -0.1) is 0 Å². The van der Waals surface area contributed by atoms with Crippen LogP contribution in [0.2, 0.25) is 5.28 Å². The van der Waals surface area contributed by atoms with E-state index in [0.717, 1.165) is 15.6 Å². The normalized spacial score (nSPS) is 10.4. The van der Waals surface area contributed by atoms with Crippen molar-refractivity contribution >= 4 is 33.5 Å². The number of nitrogens with two attached hydrogens (primary N) is 1. The van der Waals surface area contributed by atoms with Crippen LogP contribution in [0.3, 0.4) is 0 Å². The molecule has 0 saturated carbocycles. The summed E-state index contributed by atoms with van der Waals surface area (Å²) in [7, 11) is 0. The Labute approximate surface area is 106 Å². The maximum atomic E-state index is 5.74. The van der Waals surface area contributed by atoms with Gasteiger partial charge in [-0.3, -0.25) is 0 Å². The molecule has 16 heavy (non-hydrogen) atoms. The molecule has 2 N–H and O–H groups in total. The summed E-state index contributed by atoms with van der Waals surface area (Å²) in [5.74, 6) is 0.602. The zero-order valence-corrected chi connectivity index (χ0v) is 10.7. The van der Waals surface area contributed by atoms with E-state index < -0.39 is 0 Å². The fraction of sp³-hybridized carbons (Fsp3) is 0.100. The van der Waals surface area contributed by atoms with Crippen LogP contribution in [-0.2, 0) is 0 Å². The number of aromatic nitrogens is 3. The van der Waals surface area contributed by atoms with Gasteiger partial charge in [-0.05, 0) is 30.2 Å². The first-order chi connectivity index (χ1) is 7.58. The van der Waals surface area contributed by atoms with E-state index in [1.807, 2.05) is 25.1 Å². The smallest absolute Gasteiger partial charge is 0.227 e. The Kier molecular flexibility index (Phi) is 3.07. The fourth-order valence-corrected chi connectivity index (χ4v) is 1.87. The number of hydrogen-bond donors (Lipinski definition) is 1. The number of nitrogens with zero attached hydrogens (tertiary/aromatic N) is 3. The number of rotatable bonds is 1. The van der Waals surface area contributed by atoms with E-state index in [1.165, 1.54) is 0 Å². The molecule has 0 atom stereocenters. The Morgan fingerprint density at radius 1 is 1.25 bits per heavy atom. The summed E-state index contributed by atoms with van der Waals surface area (Å²) >= 11 is 9.18. The Morgan fingerprint density at radius 3 is 2.69 bits per heavy atom. The van der Waals surface area contributed by atoms with Crippen LogP contribution in [-0.4, -0.2) is 15.0 Å². The SMILES string of the molecule is Cc1c(Br)cccc1-c1nc(N)nc(Cl)n1. The summed E-state index contributed by atoms with van der Waals surface area (Å²) in [4.78, 5) is 11.8. The van der Waals surface area contributed by atoms with E-state index in [9.17, 15) is 0 Å². The zero-order valence-electron chi connectivity index (χ0n) is 8.41. The molecular formula is C10H8BrClN4. The van der Waals surface area contributed by atoms with Crippen molar-refractivity contribution in [2.75, 3.05) is 5.73 Å². The second-order valence-electron chi connectivity index (χ2n) is 3.20. The highest BCUT2D eigenvalue weighted by atomic mass is 79.9. The Balaban J connectivity index is 2.63. The highest BCUT2D eigenvalue weighted by Crippen LogP contribution is 2.26. The maximum absolute atomic E-state index is 5.74. The predicted molar refractivity (Wildman–Crippen MR) is 67.1 cm³/mol. The van der Waals surface area contributed by atoms with E-state index in [-0.39, 0.29) is 11.2 Å². The molecule has 0 radical (unpaired) electrons. The highest BCUT2D eigenvalue weighted by molar-refractivity contribution is 9.10. The molecule has 0 spiro atoms. The Hall–Kier alpha value is -1.20. The molecule has 1 aromatic heterocycles.